The summed E-state index contributed by atoms with van der Waals surface area (Å²) in [5, 5.41) is 12.5. The highest BCUT2D eigenvalue weighted by Gasteiger charge is 2.33. The minimum absolute atomic E-state index is 0.0185. The predicted molar refractivity (Wildman–Crippen MR) is 134 cm³/mol. The molecule has 2 aromatic rings. The number of amides is 1. The Morgan fingerprint density at radius 3 is 3.03 bits per heavy atom. The third-order valence-electron chi connectivity index (χ3n) is 5.80. The molecule has 1 aliphatic heterocycles. The summed E-state index contributed by atoms with van der Waals surface area (Å²) < 4.78 is 16.7. The molecular formula is C26H36N2O5S. The van der Waals surface area contributed by atoms with Gasteiger partial charge in [0.05, 0.1) is 38.5 Å². The molecule has 1 aliphatic rings. The van der Waals surface area contributed by atoms with E-state index in [1.54, 1.807) is 24.5 Å². The summed E-state index contributed by atoms with van der Waals surface area (Å²) in [5.74, 6) is 0.823. The fourth-order valence-corrected chi connectivity index (χ4v) is 5.06. The lowest BCUT2D eigenvalue weighted by Gasteiger charge is -2.37. The van der Waals surface area contributed by atoms with Gasteiger partial charge in [-0.25, -0.2) is 0 Å². The minimum Gasteiger partial charge on any atom is -0.491 e. The number of ether oxygens (including phenoxy) is 3. The number of hydrogen-bond acceptors (Lipinski definition) is 7. The zero-order valence-corrected chi connectivity index (χ0v) is 21.0. The maximum atomic E-state index is 13.5. The predicted octanol–water partition coefficient (Wildman–Crippen LogP) is 3.07. The van der Waals surface area contributed by atoms with Gasteiger partial charge >= 0.3 is 0 Å². The third kappa shape index (κ3) is 7.65. The molecule has 0 saturated heterocycles. The second-order valence-electron chi connectivity index (χ2n) is 8.49. The van der Waals surface area contributed by atoms with Gasteiger partial charge in [0.1, 0.15) is 12.4 Å². The molecule has 7 nitrogen and oxygen atoms in total. The van der Waals surface area contributed by atoms with E-state index in [0.29, 0.717) is 39.5 Å². The van der Waals surface area contributed by atoms with Crippen molar-refractivity contribution in [1.29, 1.82) is 0 Å². The molecule has 2 heterocycles. The molecular weight excluding hydrogens is 452 g/mol. The molecule has 0 fully saturated rings. The summed E-state index contributed by atoms with van der Waals surface area (Å²) in [7, 11) is 1.63. The first-order chi connectivity index (χ1) is 16.5. The number of aliphatic hydroxyl groups excluding tert-OH is 1. The lowest BCUT2D eigenvalue weighted by Crippen LogP contribution is -2.48. The lowest BCUT2D eigenvalue weighted by molar-refractivity contribution is -0.136. The number of rotatable bonds is 14. The number of methoxy groups -OCH3 is 1. The van der Waals surface area contributed by atoms with Gasteiger partial charge in [0.15, 0.2) is 0 Å². The maximum Gasteiger partial charge on any atom is 0.237 e. The Balaban J connectivity index is 1.68. The first kappa shape index (κ1) is 26.4. The van der Waals surface area contributed by atoms with E-state index < -0.39 is 6.10 Å². The molecule has 186 valence electrons. The van der Waals surface area contributed by atoms with Crippen molar-refractivity contribution in [1.82, 2.24) is 9.80 Å². The van der Waals surface area contributed by atoms with Crippen molar-refractivity contribution in [2.45, 2.75) is 25.5 Å². The van der Waals surface area contributed by atoms with Gasteiger partial charge in [-0.05, 0) is 48.1 Å². The van der Waals surface area contributed by atoms with E-state index in [1.165, 1.54) is 10.4 Å². The van der Waals surface area contributed by atoms with Crippen LogP contribution in [0.2, 0.25) is 0 Å². The molecule has 3 rings (SSSR count). The highest BCUT2D eigenvalue weighted by molar-refractivity contribution is 7.10. The molecule has 34 heavy (non-hydrogen) atoms. The number of hydrogen-bond donors (Lipinski definition) is 1. The summed E-state index contributed by atoms with van der Waals surface area (Å²) in [6.07, 6.45) is 1.79. The fraction of sp³-hybridized carbons (Fsp3) is 0.500. The van der Waals surface area contributed by atoms with Crippen LogP contribution in [0.5, 0.6) is 5.75 Å². The number of thiophene rings is 1. The Morgan fingerprint density at radius 2 is 2.26 bits per heavy atom. The van der Waals surface area contributed by atoms with E-state index in [-0.39, 0.29) is 25.1 Å². The largest absolute Gasteiger partial charge is 0.491 e. The van der Waals surface area contributed by atoms with Crippen LogP contribution >= 0.6 is 11.3 Å². The van der Waals surface area contributed by atoms with E-state index in [2.05, 4.69) is 18.0 Å². The molecule has 1 amide bonds. The van der Waals surface area contributed by atoms with Crippen molar-refractivity contribution in [3.05, 3.63) is 64.4 Å². The highest BCUT2D eigenvalue weighted by Crippen LogP contribution is 2.34. The van der Waals surface area contributed by atoms with Crippen LogP contribution in [0.3, 0.4) is 0 Å². The number of aryl methyl sites for hydroxylation is 1. The van der Waals surface area contributed by atoms with Crippen LogP contribution in [-0.4, -0.2) is 86.6 Å². The Kier molecular flexibility index (Phi) is 10.6. The van der Waals surface area contributed by atoms with Crippen LogP contribution in [0.4, 0.5) is 0 Å². The minimum atomic E-state index is -0.699. The number of nitrogens with zero attached hydrogens (tertiary/aromatic N) is 2. The van der Waals surface area contributed by atoms with Gasteiger partial charge < -0.3 is 24.2 Å². The molecule has 8 heteroatoms. The smallest absolute Gasteiger partial charge is 0.237 e. The maximum absolute atomic E-state index is 13.5. The van der Waals surface area contributed by atoms with Crippen LogP contribution < -0.4 is 4.74 Å². The molecule has 2 atom stereocenters. The number of fused-ring (bicyclic) bond motifs is 1. The second-order valence-corrected chi connectivity index (χ2v) is 9.49. The number of carbonyl (C=O) groups is 1. The normalized spacial score (nSPS) is 16.4. The highest BCUT2D eigenvalue weighted by atomic mass is 32.1. The van der Waals surface area contributed by atoms with E-state index in [1.807, 2.05) is 41.0 Å². The molecule has 0 aliphatic carbocycles. The van der Waals surface area contributed by atoms with Crippen LogP contribution in [0.15, 0.2) is 48.4 Å². The van der Waals surface area contributed by atoms with Crippen LogP contribution in [0, 0.1) is 6.92 Å². The first-order valence-electron chi connectivity index (χ1n) is 11.6. The van der Waals surface area contributed by atoms with E-state index in [4.69, 9.17) is 14.2 Å². The van der Waals surface area contributed by atoms with Gasteiger partial charge in [-0.15, -0.1) is 17.9 Å². The van der Waals surface area contributed by atoms with Gasteiger partial charge in [0.25, 0.3) is 0 Å². The summed E-state index contributed by atoms with van der Waals surface area (Å²) in [6, 6.07) is 9.92. The number of carbonyl (C=O) groups excluding carboxylic acids is 1. The topological polar surface area (TPSA) is 71.5 Å². The molecule has 0 saturated carbocycles. The van der Waals surface area contributed by atoms with Crippen LogP contribution in [0.25, 0.3) is 0 Å². The third-order valence-corrected chi connectivity index (χ3v) is 6.79. The Labute approximate surface area is 206 Å². The Hall–Kier alpha value is -2.23. The summed E-state index contributed by atoms with van der Waals surface area (Å²) >= 11 is 1.74. The summed E-state index contributed by atoms with van der Waals surface area (Å²) in [5.41, 5.74) is 2.30. The van der Waals surface area contributed by atoms with Crippen molar-refractivity contribution in [3.63, 3.8) is 0 Å². The van der Waals surface area contributed by atoms with Gasteiger partial charge in [-0.1, -0.05) is 18.2 Å². The van der Waals surface area contributed by atoms with Crippen molar-refractivity contribution < 1.29 is 24.1 Å². The van der Waals surface area contributed by atoms with Crippen molar-refractivity contribution in [3.8, 4) is 5.75 Å². The standard InChI is InChI=1S/C26H36N2O5S/c1-4-12-32-18-21(29)16-27(11-13-31-3)17-26(30)28-10-8-25-23(9-14-34-25)24(28)19-33-22-7-5-6-20(2)15-22/h4-7,9,14-15,21,24,29H,1,8,10-13,16-19H2,2-3H3/t21-,24-/m0/s1. The van der Waals surface area contributed by atoms with Crippen LogP contribution in [0.1, 0.15) is 22.0 Å². The van der Waals surface area contributed by atoms with E-state index in [9.17, 15) is 9.90 Å². The Morgan fingerprint density at radius 1 is 1.41 bits per heavy atom. The molecule has 0 spiro atoms. The summed E-state index contributed by atoms with van der Waals surface area (Å²) in [4.78, 5) is 18.6. The van der Waals surface area contributed by atoms with Gasteiger partial charge in [-0.3, -0.25) is 9.69 Å². The number of aliphatic hydroxyl groups is 1. The lowest BCUT2D eigenvalue weighted by atomic mass is 10.0. The van der Waals surface area contributed by atoms with Gasteiger partial charge in [-0.2, -0.15) is 0 Å². The monoisotopic (exact) mass is 488 g/mol. The van der Waals surface area contributed by atoms with Crippen molar-refractivity contribution in [2.75, 3.05) is 59.7 Å². The molecule has 0 unspecified atom stereocenters. The van der Waals surface area contributed by atoms with Gasteiger partial charge in [0, 0.05) is 31.6 Å². The second kappa shape index (κ2) is 13.6. The van der Waals surface area contributed by atoms with E-state index in [0.717, 1.165) is 17.7 Å². The van der Waals surface area contributed by atoms with E-state index >= 15 is 0 Å². The quantitative estimate of drug-likeness (QED) is 0.326. The van der Waals surface area contributed by atoms with Gasteiger partial charge in [0.2, 0.25) is 5.91 Å². The average molecular weight is 489 g/mol. The zero-order chi connectivity index (χ0) is 24.3. The molecule has 1 N–H and O–H groups in total. The first-order valence-corrected chi connectivity index (χ1v) is 12.5. The van der Waals surface area contributed by atoms with Crippen molar-refractivity contribution in [2.24, 2.45) is 0 Å². The summed E-state index contributed by atoms with van der Waals surface area (Å²) in [6.45, 7) is 8.81. The SMILES string of the molecule is C=CCOC[C@@H](O)CN(CCOC)CC(=O)N1CCc2sccc2[C@@H]1COc1cccc(C)c1. The Bertz CT molecular complexity index is 918. The number of benzene rings is 1. The average Bonchev–Trinajstić information content (AvgIpc) is 3.30. The fourth-order valence-electron chi connectivity index (χ4n) is 4.13. The molecule has 1 aromatic carbocycles. The molecule has 0 radical (unpaired) electrons. The van der Waals surface area contributed by atoms with Crippen LogP contribution in [-0.2, 0) is 20.7 Å². The molecule has 0 bridgehead atoms. The van der Waals surface area contributed by atoms with Crippen molar-refractivity contribution >= 4 is 17.2 Å². The zero-order valence-electron chi connectivity index (χ0n) is 20.2. The molecule has 1 aromatic heterocycles.